The molecular formula is C30H43NO6S. The number of nitrogens with one attached hydrogen (secondary N) is 1. The van der Waals surface area contributed by atoms with Gasteiger partial charge in [0, 0.05) is 16.7 Å². The van der Waals surface area contributed by atoms with Gasteiger partial charge in [-0.15, -0.1) is 0 Å². The molecule has 0 radical (unpaired) electrons. The van der Waals surface area contributed by atoms with Gasteiger partial charge >= 0.3 is 5.97 Å². The molecule has 0 saturated heterocycles. The van der Waals surface area contributed by atoms with Gasteiger partial charge in [0.2, 0.25) is 0 Å². The van der Waals surface area contributed by atoms with Crippen molar-refractivity contribution in [3.05, 3.63) is 57.6 Å². The monoisotopic (exact) mass is 545 g/mol. The number of ether oxygens (including phenoxy) is 1. The molecule has 0 aliphatic rings. The first-order valence-corrected chi connectivity index (χ1v) is 14.5. The van der Waals surface area contributed by atoms with Crippen LogP contribution in [0.2, 0.25) is 0 Å². The topological polar surface area (TPSA) is 110 Å². The zero-order valence-corrected chi connectivity index (χ0v) is 25.4. The molecule has 0 atom stereocenters. The van der Waals surface area contributed by atoms with E-state index < -0.39 is 32.7 Å². The third kappa shape index (κ3) is 6.76. The van der Waals surface area contributed by atoms with Gasteiger partial charge in [0.05, 0.1) is 17.1 Å². The number of hydrogen-bond acceptors (Lipinski definition) is 6. The molecule has 0 aliphatic heterocycles. The molecule has 0 spiro atoms. The number of phenolic OH excluding ortho intramolecular Hbond substituents is 1. The van der Waals surface area contributed by atoms with Crippen LogP contribution in [0.1, 0.15) is 131 Å². The largest absolute Gasteiger partial charge is 0.507 e. The van der Waals surface area contributed by atoms with E-state index in [0.717, 1.165) is 0 Å². The Labute approximate surface area is 228 Å². The van der Waals surface area contributed by atoms with Crippen LogP contribution < -0.4 is 4.72 Å². The van der Waals surface area contributed by atoms with E-state index in [1.165, 1.54) is 12.1 Å². The van der Waals surface area contributed by atoms with Gasteiger partial charge in [0.25, 0.3) is 15.9 Å². The average Bonchev–Trinajstić information content (AvgIpc) is 2.76. The highest BCUT2D eigenvalue weighted by atomic mass is 32.2. The molecule has 8 heteroatoms. The van der Waals surface area contributed by atoms with Gasteiger partial charge in [-0.1, -0.05) is 69.2 Å². The Balaban J connectivity index is 2.68. The van der Waals surface area contributed by atoms with Crippen molar-refractivity contribution < 1.29 is 27.9 Å². The highest BCUT2D eigenvalue weighted by Crippen LogP contribution is 2.40. The third-order valence-corrected chi connectivity index (χ3v) is 7.73. The first-order valence-electron chi connectivity index (χ1n) is 13.0. The molecule has 38 heavy (non-hydrogen) atoms. The summed E-state index contributed by atoms with van der Waals surface area (Å²) in [6, 6.07) is 5.96. The Kier molecular flexibility index (Phi) is 9.15. The molecule has 0 fully saturated rings. The van der Waals surface area contributed by atoms with E-state index >= 15 is 0 Å². The summed E-state index contributed by atoms with van der Waals surface area (Å²) >= 11 is 0. The number of rotatable bonds is 7. The first kappa shape index (κ1) is 31.3. The minimum absolute atomic E-state index is 0.0992. The number of carbonyl (C=O) groups excluding carboxylic acids is 2. The molecule has 2 rings (SSSR count). The van der Waals surface area contributed by atoms with Gasteiger partial charge in [0.1, 0.15) is 5.75 Å². The van der Waals surface area contributed by atoms with E-state index in [1.807, 2.05) is 69.2 Å². The maximum atomic E-state index is 13.5. The van der Waals surface area contributed by atoms with Crippen LogP contribution in [0.25, 0.3) is 0 Å². The molecule has 0 saturated carbocycles. The zero-order valence-electron chi connectivity index (χ0n) is 24.6. The Bertz CT molecular complexity index is 1260. The van der Waals surface area contributed by atoms with Crippen molar-refractivity contribution in [2.75, 3.05) is 6.61 Å². The van der Waals surface area contributed by atoms with Gasteiger partial charge in [-0.25, -0.2) is 17.9 Å². The molecule has 0 aromatic heterocycles. The quantitative estimate of drug-likeness (QED) is 0.383. The molecule has 1 amide bonds. The number of aromatic hydroxyl groups is 1. The molecule has 2 aromatic carbocycles. The summed E-state index contributed by atoms with van der Waals surface area (Å²) in [6.45, 7) is 20.9. The van der Waals surface area contributed by atoms with Crippen LogP contribution in [0.4, 0.5) is 0 Å². The number of carbonyl (C=O) groups is 2. The lowest BCUT2D eigenvalue weighted by molar-refractivity contribution is 0.0522. The fourth-order valence-corrected chi connectivity index (χ4v) is 5.36. The Morgan fingerprint density at radius 2 is 1.29 bits per heavy atom. The van der Waals surface area contributed by atoms with Crippen molar-refractivity contribution in [1.82, 2.24) is 4.72 Å². The van der Waals surface area contributed by atoms with Crippen molar-refractivity contribution in [3.8, 4) is 5.75 Å². The molecule has 7 nitrogen and oxygen atoms in total. The fraction of sp³-hybridized carbons (Fsp3) is 0.533. The van der Waals surface area contributed by atoms with Crippen LogP contribution in [-0.4, -0.2) is 32.0 Å². The summed E-state index contributed by atoms with van der Waals surface area (Å²) in [5, 5.41) is 11.0. The number of esters is 1. The van der Waals surface area contributed by atoms with Gasteiger partial charge < -0.3 is 9.84 Å². The SMILES string of the molecule is CCOC(=O)c1c(C(C)C)cc(S(=O)(=O)NC(=O)c2cc(C(C)(C)C)c(O)c(C(C)(C)C)c2)cc1C(C)C. The summed E-state index contributed by atoms with van der Waals surface area (Å²) in [6.07, 6.45) is 0. The van der Waals surface area contributed by atoms with Crippen LogP contribution in [0.3, 0.4) is 0 Å². The zero-order chi connectivity index (χ0) is 29.4. The van der Waals surface area contributed by atoms with E-state index in [9.17, 15) is 23.1 Å². The van der Waals surface area contributed by atoms with Crippen molar-refractivity contribution >= 4 is 21.9 Å². The Hall–Kier alpha value is -2.87. The lowest BCUT2D eigenvalue weighted by atomic mass is 9.78. The van der Waals surface area contributed by atoms with E-state index in [1.54, 1.807) is 19.1 Å². The summed E-state index contributed by atoms with van der Waals surface area (Å²) < 4.78 is 34.5. The number of benzene rings is 2. The average molecular weight is 546 g/mol. The summed E-state index contributed by atoms with van der Waals surface area (Å²) in [7, 11) is -4.30. The van der Waals surface area contributed by atoms with Crippen molar-refractivity contribution in [2.24, 2.45) is 0 Å². The molecule has 2 aromatic rings. The van der Waals surface area contributed by atoms with Gasteiger partial charge in [0.15, 0.2) is 0 Å². The summed E-state index contributed by atoms with van der Waals surface area (Å²) in [5.74, 6) is -1.53. The van der Waals surface area contributed by atoms with Gasteiger partial charge in [-0.2, -0.15) is 0 Å². The van der Waals surface area contributed by atoms with E-state index in [2.05, 4.69) is 4.72 Å². The van der Waals surface area contributed by atoms with Crippen molar-refractivity contribution in [1.29, 1.82) is 0 Å². The van der Waals surface area contributed by atoms with E-state index in [-0.39, 0.29) is 34.7 Å². The van der Waals surface area contributed by atoms with Crippen LogP contribution in [0.15, 0.2) is 29.2 Å². The van der Waals surface area contributed by atoms with Crippen molar-refractivity contribution in [2.45, 2.75) is 104 Å². The third-order valence-electron chi connectivity index (χ3n) is 6.42. The lowest BCUT2D eigenvalue weighted by Gasteiger charge is -2.28. The van der Waals surface area contributed by atoms with E-state index in [0.29, 0.717) is 27.8 Å². The Morgan fingerprint density at radius 1 is 0.868 bits per heavy atom. The molecule has 210 valence electrons. The predicted molar refractivity (Wildman–Crippen MR) is 151 cm³/mol. The minimum Gasteiger partial charge on any atom is -0.507 e. The predicted octanol–water partition coefficient (Wildman–Crippen LogP) is 6.53. The first-order chi connectivity index (χ1) is 17.2. The second kappa shape index (κ2) is 11.1. The number of phenols is 1. The normalized spacial score (nSPS) is 12.7. The van der Waals surface area contributed by atoms with Crippen LogP contribution in [-0.2, 0) is 25.6 Å². The van der Waals surface area contributed by atoms with Crippen molar-refractivity contribution in [3.63, 3.8) is 0 Å². The number of amides is 1. The summed E-state index contributed by atoms with van der Waals surface area (Å²) in [5.41, 5.74) is 1.71. The summed E-state index contributed by atoms with van der Waals surface area (Å²) in [4.78, 5) is 26.1. The van der Waals surface area contributed by atoms with E-state index in [4.69, 9.17) is 4.74 Å². The lowest BCUT2D eigenvalue weighted by Crippen LogP contribution is -2.32. The van der Waals surface area contributed by atoms with Crippen LogP contribution in [0, 0.1) is 0 Å². The Morgan fingerprint density at radius 3 is 1.63 bits per heavy atom. The molecule has 0 heterocycles. The smallest absolute Gasteiger partial charge is 0.338 e. The van der Waals surface area contributed by atoms with Gasteiger partial charge in [-0.05, 0) is 65.0 Å². The van der Waals surface area contributed by atoms with Crippen LogP contribution >= 0.6 is 0 Å². The standard InChI is InChI=1S/C30H43NO6S/c1-12-37-28(34)25-21(17(2)3)15-20(16-22(25)18(4)5)38(35,36)31-27(33)19-13-23(29(6,7)8)26(32)24(14-19)30(9,10)11/h13-18,32H,12H2,1-11H3,(H,31,33). The molecule has 0 bridgehead atoms. The highest BCUT2D eigenvalue weighted by Gasteiger charge is 2.30. The number of hydrogen-bond donors (Lipinski definition) is 2. The molecule has 0 aliphatic carbocycles. The molecule has 2 N–H and O–H groups in total. The van der Waals surface area contributed by atoms with Crippen LogP contribution in [0.5, 0.6) is 5.75 Å². The molecular weight excluding hydrogens is 502 g/mol. The second-order valence-corrected chi connectivity index (χ2v) is 14.0. The maximum absolute atomic E-state index is 13.5. The second-order valence-electron chi connectivity index (χ2n) is 12.4. The molecule has 0 unspecified atom stereocenters. The minimum atomic E-state index is -4.30. The number of sulfonamides is 1. The van der Waals surface area contributed by atoms with Gasteiger partial charge in [-0.3, -0.25) is 4.79 Å². The maximum Gasteiger partial charge on any atom is 0.338 e. The fourth-order valence-electron chi connectivity index (χ4n) is 4.31. The highest BCUT2D eigenvalue weighted by molar-refractivity contribution is 7.90.